The number of ether oxygens (including phenoxy) is 1. The maximum Gasteiger partial charge on any atom is 0.302 e. The molecule has 0 aromatic rings. The van der Waals surface area contributed by atoms with E-state index in [-0.39, 0.29) is 12.1 Å². The van der Waals surface area contributed by atoms with Gasteiger partial charge in [-0.2, -0.15) is 0 Å². The fraction of sp³-hybridized carbons (Fsp3) is 0.828. The number of hydrogen-bond acceptors (Lipinski definition) is 2. The fourth-order valence-corrected chi connectivity index (χ4v) is 8.77. The van der Waals surface area contributed by atoms with Gasteiger partial charge >= 0.3 is 5.97 Å². The van der Waals surface area contributed by atoms with Gasteiger partial charge in [-0.3, -0.25) is 4.79 Å². The third-order valence-electron chi connectivity index (χ3n) is 10.3. The fourth-order valence-electron chi connectivity index (χ4n) is 8.77. The summed E-state index contributed by atoms with van der Waals surface area (Å²) in [5.41, 5.74) is 3.96. The first-order valence-corrected chi connectivity index (χ1v) is 13.1. The van der Waals surface area contributed by atoms with Crippen LogP contribution in [0.25, 0.3) is 0 Å². The summed E-state index contributed by atoms with van der Waals surface area (Å²) in [6.45, 7) is 13.8. The van der Waals surface area contributed by atoms with E-state index in [2.05, 4.69) is 46.8 Å². The third-order valence-corrected chi connectivity index (χ3v) is 10.3. The summed E-state index contributed by atoms with van der Waals surface area (Å²) in [6, 6.07) is 0. The van der Waals surface area contributed by atoms with Crippen LogP contribution in [-0.2, 0) is 9.53 Å². The zero-order valence-corrected chi connectivity index (χ0v) is 21.0. The second kappa shape index (κ2) is 8.71. The molecule has 0 saturated heterocycles. The van der Waals surface area contributed by atoms with Gasteiger partial charge in [0.15, 0.2) is 0 Å². The van der Waals surface area contributed by atoms with E-state index in [9.17, 15) is 4.79 Å². The van der Waals surface area contributed by atoms with E-state index >= 15 is 0 Å². The smallest absolute Gasteiger partial charge is 0.302 e. The minimum atomic E-state index is -0.118. The van der Waals surface area contributed by atoms with E-state index in [1.807, 2.05) is 0 Å². The molecule has 0 aromatic heterocycles. The summed E-state index contributed by atoms with van der Waals surface area (Å²) >= 11 is 0. The lowest BCUT2D eigenvalue weighted by Crippen LogP contribution is -2.51. The van der Waals surface area contributed by atoms with E-state index < -0.39 is 0 Å². The first-order chi connectivity index (χ1) is 14.6. The Morgan fingerprint density at radius 2 is 1.90 bits per heavy atom. The van der Waals surface area contributed by atoms with Crippen molar-refractivity contribution >= 4 is 5.97 Å². The lowest BCUT2D eigenvalue weighted by atomic mass is 9.47. The van der Waals surface area contributed by atoms with E-state index in [1.54, 1.807) is 12.5 Å². The van der Waals surface area contributed by atoms with Crippen molar-refractivity contribution in [2.45, 2.75) is 112 Å². The van der Waals surface area contributed by atoms with Gasteiger partial charge in [0.2, 0.25) is 0 Å². The number of hydrogen-bond donors (Lipinski definition) is 0. The van der Waals surface area contributed by atoms with Crippen LogP contribution in [0.4, 0.5) is 0 Å². The standard InChI is InChI=1S/C29H46O2/c1-19(2)8-7-9-20(3)25-12-13-26-24-11-10-22-18-23(31-21(4)30)14-16-28(22,5)27(24)15-17-29(25,26)6/h8,10,20,23-27H,7,9,11-18H2,1-6H3/t20?,23-,24?,25?,26?,27?,28?,29?/m0/s1. The molecule has 8 atom stereocenters. The molecule has 0 amide bonds. The van der Waals surface area contributed by atoms with Gasteiger partial charge in [0.25, 0.3) is 0 Å². The molecule has 31 heavy (non-hydrogen) atoms. The van der Waals surface area contributed by atoms with Crippen molar-refractivity contribution in [2.24, 2.45) is 40.4 Å². The summed E-state index contributed by atoms with van der Waals surface area (Å²) in [5.74, 6) is 4.24. The van der Waals surface area contributed by atoms with Crippen molar-refractivity contribution in [3.8, 4) is 0 Å². The van der Waals surface area contributed by atoms with E-state index in [0.717, 1.165) is 42.4 Å². The van der Waals surface area contributed by atoms with Crippen LogP contribution >= 0.6 is 0 Å². The van der Waals surface area contributed by atoms with Crippen molar-refractivity contribution in [1.82, 2.24) is 0 Å². The molecule has 0 N–H and O–H groups in total. The van der Waals surface area contributed by atoms with Gasteiger partial charge in [-0.1, -0.05) is 44.1 Å². The molecule has 0 radical (unpaired) electrons. The van der Waals surface area contributed by atoms with Gasteiger partial charge in [0.1, 0.15) is 6.10 Å². The Balaban J connectivity index is 1.48. The topological polar surface area (TPSA) is 26.3 Å². The molecule has 4 aliphatic carbocycles. The van der Waals surface area contributed by atoms with Gasteiger partial charge in [0.05, 0.1) is 0 Å². The van der Waals surface area contributed by atoms with Crippen molar-refractivity contribution in [1.29, 1.82) is 0 Å². The molecule has 2 heteroatoms. The molecule has 3 saturated carbocycles. The van der Waals surface area contributed by atoms with Crippen molar-refractivity contribution in [3.05, 3.63) is 23.3 Å². The molecule has 0 spiro atoms. The minimum absolute atomic E-state index is 0.111. The average molecular weight is 427 g/mol. The highest BCUT2D eigenvalue weighted by Gasteiger charge is 2.59. The normalized spacial score (nSPS) is 42.5. The molecule has 0 heterocycles. The second-order valence-electron chi connectivity index (χ2n) is 12.3. The number of fused-ring (bicyclic) bond motifs is 5. The van der Waals surface area contributed by atoms with Crippen molar-refractivity contribution < 1.29 is 9.53 Å². The van der Waals surface area contributed by atoms with Gasteiger partial charge < -0.3 is 4.74 Å². The second-order valence-corrected chi connectivity index (χ2v) is 12.3. The van der Waals surface area contributed by atoms with Crippen LogP contribution < -0.4 is 0 Å². The van der Waals surface area contributed by atoms with Crippen molar-refractivity contribution in [3.63, 3.8) is 0 Å². The lowest BCUT2D eigenvalue weighted by Gasteiger charge is -2.58. The highest BCUT2D eigenvalue weighted by molar-refractivity contribution is 5.66. The first kappa shape index (κ1) is 23.1. The van der Waals surface area contributed by atoms with E-state index in [0.29, 0.717) is 10.8 Å². The molecule has 0 bridgehead atoms. The summed E-state index contributed by atoms with van der Waals surface area (Å²) in [7, 11) is 0. The molecular weight excluding hydrogens is 380 g/mol. The Labute approximate surface area is 191 Å². The molecule has 7 unspecified atom stereocenters. The molecule has 0 aromatic carbocycles. The van der Waals surface area contributed by atoms with Gasteiger partial charge in [0, 0.05) is 13.3 Å². The molecule has 4 rings (SSSR count). The minimum Gasteiger partial charge on any atom is -0.462 e. The van der Waals surface area contributed by atoms with Crippen LogP contribution in [0.1, 0.15) is 106 Å². The summed E-state index contributed by atoms with van der Waals surface area (Å²) in [4.78, 5) is 11.5. The zero-order chi connectivity index (χ0) is 22.4. The Hall–Kier alpha value is -1.05. The Bertz CT molecular complexity index is 744. The van der Waals surface area contributed by atoms with Crippen LogP contribution in [0.15, 0.2) is 23.3 Å². The zero-order valence-electron chi connectivity index (χ0n) is 21.0. The Morgan fingerprint density at radius 3 is 2.61 bits per heavy atom. The largest absolute Gasteiger partial charge is 0.462 e. The van der Waals surface area contributed by atoms with Gasteiger partial charge in [-0.15, -0.1) is 0 Å². The van der Waals surface area contributed by atoms with Crippen LogP contribution in [0, 0.1) is 40.4 Å². The summed E-state index contributed by atoms with van der Waals surface area (Å²) in [6.07, 6.45) is 17.9. The van der Waals surface area contributed by atoms with E-state index in [1.165, 1.54) is 56.9 Å². The van der Waals surface area contributed by atoms with Crippen LogP contribution in [0.5, 0.6) is 0 Å². The third kappa shape index (κ3) is 4.18. The molecule has 174 valence electrons. The SMILES string of the molecule is CC(=O)O[C@H]1CCC2(C)C(=CCC3C2CCC2(C)C(C(C)CCC=C(C)C)CCC32)C1. The summed E-state index contributed by atoms with van der Waals surface area (Å²) in [5, 5.41) is 0. The predicted octanol–water partition coefficient (Wildman–Crippen LogP) is 7.88. The Kier molecular flexibility index (Phi) is 6.50. The molecule has 2 nitrogen and oxygen atoms in total. The number of carbonyl (C=O) groups excluding carboxylic acids is 1. The molecule has 4 aliphatic rings. The van der Waals surface area contributed by atoms with Crippen molar-refractivity contribution in [2.75, 3.05) is 0 Å². The summed E-state index contributed by atoms with van der Waals surface area (Å²) < 4.78 is 5.61. The Morgan fingerprint density at radius 1 is 1.13 bits per heavy atom. The highest BCUT2D eigenvalue weighted by atomic mass is 16.5. The van der Waals surface area contributed by atoms with Gasteiger partial charge in [-0.05, 0) is 112 Å². The van der Waals surface area contributed by atoms with E-state index in [4.69, 9.17) is 4.74 Å². The molecule has 3 fully saturated rings. The predicted molar refractivity (Wildman–Crippen MR) is 129 cm³/mol. The van der Waals surface area contributed by atoms with Crippen LogP contribution in [-0.4, -0.2) is 12.1 Å². The first-order valence-electron chi connectivity index (χ1n) is 13.1. The average Bonchev–Trinajstić information content (AvgIpc) is 3.05. The monoisotopic (exact) mass is 426 g/mol. The number of allylic oxidation sites excluding steroid dienone is 3. The number of esters is 1. The van der Waals surface area contributed by atoms with Crippen LogP contribution in [0.2, 0.25) is 0 Å². The molecule has 0 aliphatic heterocycles. The quantitative estimate of drug-likeness (QED) is 0.330. The maximum absolute atomic E-state index is 11.5. The number of carbonyl (C=O) groups is 1. The highest BCUT2D eigenvalue weighted by Crippen LogP contribution is 2.67. The number of rotatable bonds is 5. The lowest BCUT2D eigenvalue weighted by molar-refractivity contribution is -0.148. The molecular formula is C29H46O2. The maximum atomic E-state index is 11.5. The van der Waals surface area contributed by atoms with Crippen LogP contribution in [0.3, 0.4) is 0 Å². The van der Waals surface area contributed by atoms with Gasteiger partial charge in [-0.25, -0.2) is 0 Å².